The van der Waals surface area contributed by atoms with Gasteiger partial charge in [0.05, 0.1) is 12.1 Å². The highest BCUT2D eigenvalue weighted by Crippen LogP contribution is 2.26. The number of hydrogen-bond acceptors (Lipinski definition) is 2. The number of hydrogen-bond donors (Lipinski definition) is 2. The monoisotopic (exact) mass is 323 g/mol. The number of nitrogens with one attached hydrogen (secondary N) is 1. The second-order valence-corrected chi connectivity index (χ2v) is 4.98. The zero-order valence-electron chi connectivity index (χ0n) is 9.14. The highest BCUT2D eigenvalue weighted by molar-refractivity contribution is 9.10. The number of rotatable bonds is 4. The van der Waals surface area contributed by atoms with Crippen molar-refractivity contribution in [3.8, 4) is 0 Å². The van der Waals surface area contributed by atoms with Crippen molar-refractivity contribution in [2.75, 3.05) is 12.5 Å². The van der Waals surface area contributed by atoms with Gasteiger partial charge in [-0.3, -0.25) is 4.79 Å². The SMILES string of the molecule is C[C@@](CO)(NC(=O)CCl)c1cc(Br)ccc1F. The minimum absolute atomic E-state index is 0.202. The molecule has 0 spiro atoms. The van der Waals surface area contributed by atoms with Gasteiger partial charge in [0.2, 0.25) is 5.91 Å². The lowest BCUT2D eigenvalue weighted by Crippen LogP contribution is -2.47. The number of carbonyl (C=O) groups is 1. The van der Waals surface area contributed by atoms with Crippen molar-refractivity contribution < 1.29 is 14.3 Å². The number of aliphatic hydroxyl groups is 1. The van der Waals surface area contributed by atoms with Crippen LogP contribution in [0.15, 0.2) is 22.7 Å². The standard InChI is InChI=1S/C11H12BrClFNO2/c1-11(6-16,15-10(17)5-13)8-4-7(12)2-3-9(8)14/h2-4,16H,5-6H2,1H3,(H,15,17)/t11-/m0/s1. The summed E-state index contributed by atoms with van der Waals surface area (Å²) in [5.41, 5.74) is -0.993. The molecular formula is C11H12BrClFNO2. The van der Waals surface area contributed by atoms with Crippen LogP contribution in [0.4, 0.5) is 4.39 Å². The lowest BCUT2D eigenvalue weighted by atomic mass is 9.92. The summed E-state index contributed by atoms with van der Waals surface area (Å²) < 4.78 is 14.4. The molecular weight excluding hydrogens is 312 g/mol. The molecule has 3 nitrogen and oxygen atoms in total. The fourth-order valence-electron chi connectivity index (χ4n) is 1.45. The summed E-state index contributed by atoms with van der Waals surface area (Å²) in [6.07, 6.45) is 0. The van der Waals surface area contributed by atoms with Crippen molar-refractivity contribution in [1.82, 2.24) is 5.32 Å². The summed E-state index contributed by atoms with van der Waals surface area (Å²) in [6, 6.07) is 4.32. The lowest BCUT2D eigenvalue weighted by Gasteiger charge is -2.29. The van der Waals surface area contributed by atoms with Crippen molar-refractivity contribution in [1.29, 1.82) is 0 Å². The number of aliphatic hydroxyl groups excluding tert-OH is 1. The Morgan fingerprint density at radius 1 is 1.65 bits per heavy atom. The summed E-state index contributed by atoms with van der Waals surface area (Å²) in [6.45, 7) is 1.10. The Hall–Kier alpha value is -0.650. The molecule has 0 fully saturated rings. The van der Waals surface area contributed by atoms with Gasteiger partial charge in [0.1, 0.15) is 11.7 Å². The van der Waals surface area contributed by atoms with Crippen molar-refractivity contribution in [2.24, 2.45) is 0 Å². The first-order valence-electron chi connectivity index (χ1n) is 4.86. The van der Waals surface area contributed by atoms with E-state index in [9.17, 15) is 14.3 Å². The first kappa shape index (κ1) is 14.4. The molecule has 1 amide bonds. The second-order valence-electron chi connectivity index (χ2n) is 3.80. The molecule has 1 atom stereocenters. The van der Waals surface area contributed by atoms with Gasteiger partial charge >= 0.3 is 0 Å². The highest BCUT2D eigenvalue weighted by Gasteiger charge is 2.30. The van der Waals surface area contributed by atoms with Gasteiger partial charge in [-0.15, -0.1) is 11.6 Å². The van der Waals surface area contributed by atoms with Crippen LogP contribution in [-0.2, 0) is 10.3 Å². The smallest absolute Gasteiger partial charge is 0.235 e. The number of halogens is 3. The van der Waals surface area contributed by atoms with Crippen LogP contribution in [0.1, 0.15) is 12.5 Å². The predicted molar refractivity (Wildman–Crippen MR) is 67.4 cm³/mol. The zero-order valence-corrected chi connectivity index (χ0v) is 11.5. The molecule has 1 aromatic carbocycles. The molecule has 0 aliphatic heterocycles. The number of carbonyl (C=O) groups excluding carboxylic acids is 1. The highest BCUT2D eigenvalue weighted by atomic mass is 79.9. The van der Waals surface area contributed by atoms with Crippen molar-refractivity contribution in [2.45, 2.75) is 12.5 Å². The molecule has 17 heavy (non-hydrogen) atoms. The Morgan fingerprint density at radius 3 is 2.82 bits per heavy atom. The maximum atomic E-state index is 13.7. The molecule has 0 unspecified atom stereocenters. The van der Waals surface area contributed by atoms with Crippen LogP contribution in [0.5, 0.6) is 0 Å². The van der Waals surface area contributed by atoms with E-state index < -0.39 is 23.9 Å². The molecule has 0 heterocycles. The fraction of sp³-hybridized carbons (Fsp3) is 0.364. The van der Waals surface area contributed by atoms with Crippen LogP contribution in [0.25, 0.3) is 0 Å². The van der Waals surface area contributed by atoms with Gasteiger partial charge < -0.3 is 10.4 Å². The molecule has 2 N–H and O–H groups in total. The van der Waals surface area contributed by atoms with Crippen LogP contribution >= 0.6 is 27.5 Å². The molecule has 0 saturated carbocycles. The number of benzene rings is 1. The molecule has 94 valence electrons. The minimum atomic E-state index is -1.19. The van der Waals surface area contributed by atoms with Crippen molar-refractivity contribution in [3.05, 3.63) is 34.1 Å². The van der Waals surface area contributed by atoms with Gasteiger partial charge in [-0.25, -0.2) is 4.39 Å². The molecule has 1 rings (SSSR count). The van der Waals surface area contributed by atoms with E-state index in [1.807, 2.05) is 0 Å². The first-order valence-corrected chi connectivity index (χ1v) is 6.19. The normalized spacial score (nSPS) is 14.2. The topological polar surface area (TPSA) is 49.3 Å². The van der Waals surface area contributed by atoms with Crippen molar-refractivity contribution in [3.63, 3.8) is 0 Å². The van der Waals surface area contributed by atoms with E-state index >= 15 is 0 Å². The van der Waals surface area contributed by atoms with Crippen LogP contribution in [-0.4, -0.2) is 23.5 Å². The summed E-state index contributed by atoms with van der Waals surface area (Å²) in [5.74, 6) is -1.22. The third-order valence-corrected chi connectivity index (χ3v) is 3.11. The number of alkyl halides is 1. The maximum absolute atomic E-state index is 13.7. The fourth-order valence-corrected chi connectivity index (χ4v) is 1.88. The van der Waals surface area contributed by atoms with E-state index in [2.05, 4.69) is 21.2 Å². The van der Waals surface area contributed by atoms with Crippen LogP contribution in [0.3, 0.4) is 0 Å². The van der Waals surface area contributed by atoms with Crippen molar-refractivity contribution >= 4 is 33.4 Å². The van der Waals surface area contributed by atoms with E-state index in [0.29, 0.717) is 4.47 Å². The third kappa shape index (κ3) is 3.40. The Morgan fingerprint density at radius 2 is 2.29 bits per heavy atom. The van der Waals surface area contributed by atoms with E-state index in [0.717, 1.165) is 0 Å². The van der Waals surface area contributed by atoms with E-state index in [1.165, 1.54) is 19.1 Å². The van der Waals surface area contributed by atoms with Gasteiger partial charge in [-0.1, -0.05) is 15.9 Å². The largest absolute Gasteiger partial charge is 0.394 e. The minimum Gasteiger partial charge on any atom is -0.394 e. The molecule has 0 aromatic heterocycles. The molecule has 0 aliphatic carbocycles. The van der Waals surface area contributed by atoms with Crippen LogP contribution in [0.2, 0.25) is 0 Å². The Kier molecular flexibility index (Phi) is 4.91. The number of amides is 1. The lowest BCUT2D eigenvalue weighted by molar-refractivity contribution is -0.121. The van der Waals surface area contributed by atoms with E-state index in [4.69, 9.17) is 11.6 Å². The van der Waals surface area contributed by atoms with Gasteiger partial charge in [0.25, 0.3) is 0 Å². The van der Waals surface area contributed by atoms with Gasteiger partial charge in [-0.05, 0) is 25.1 Å². The van der Waals surface area contributed by atoms with Crippen LogP contribution in [0, 0.1) is 5.82 Å². The maximum Gasteiger partial charge on any atom is 0.235 e. The quantitative estimate of drug-likeness (QED) is 0.834. The molecule has 6 heteroatoms. The summed E-state index contributed by atoms with van der Waals surface area (Å²) in [4.78, 5) is 11.3. The predicted octanol–water partition coefficient (Wildman–Crippen LogP) is 2.15. The molecule has 0 saturated heterocycles. The van der Waals surface area contributed by atoms with Gasteiger partial charge in [0.15, 0.2) is 0 Å². The summed E-state index contributed by atoms with van der Waals surface area (Å²) in [5, 5.41) is 11.9. The first-order chi connectivity index (χ1) is 7.92. The second kappa shape index (κ2) is 5.80. The Labute approximate surface area is 112 Å². The molecule has 0 radical (unpaired) electrons. The third-order valence-electron chi connectivity index (χ3n) is 2.38. The van der Waals surface area contributed by atoms with E-state index in [1.54, 1.807) is 6.07 Å². The zero-order chi connectivity index (χ0) is 13.1. The van der Waals surface area contributed by atoms with Gasteiger partial charge in [-0.2, -0.15) is 0 Å². The van der Waals surface area contributed by atoms with Gasteiger partial charge in [0, 0.05) is 10.0 Å². The Bertz CT molecular complexity index is 430. The average molecular weight is 325 g/mol. The summed E-state index contributed by atoms with van der Waals surface area (Å²) >= 11 is 8.59. The Balaban J connectivity index is 3.15. The molecule has 0 aliphatic rings. The van der Waals surface area contributed by atoms with Crippen LogP contribution < -0.4 is 5.32 Å². The average Bonchev–Trinajstić information content (AvgIpc) is 2.31. The summed E-state index contributed by atoms with van der Waals surface area (Å²) in [7, 11) is 0. The molecule has 0 bridgehead atoms. The van der Waals surface area contributed by atoms with E-state index in [-0.39, 0.29) is 11.4 Å². The molecule has 1 aromatic rings.